The van der Waals surface area contributed by atoms with Crippen molar-refractivity contribution < 1.29 is 4.74 Å². The first-order valence-electron chi connectivity index (χ1n) is 3.89. The maximum Gasteiger partial charge on any atom is 0.135 e. The second-order valence-electron chi connectivity index (χ2n) is 2.74. The van der Waals surface area contributed by atoms with Gasteiger partial charge in [0.1, 0.15) is 5.75 Å². The minimum Gasteiger partial charge on any atom is -0.495 e. The van der Waals surface area contributed by atoms with Crippen LogP contribution < -0.4 is 4.74 Å². The molecule has 0 aliphatic carbocycles. The molecule has 0 saturated heterocycles. The van der Waals surface area contributed by atoms with Gasteiger partial charge in [0.05, 0.1) is 7.11 Å². The lowest BCUT2D eigenvalue weighted by Gasteiger charge is -2.11. The molecule has 0 unspecified atom stereocenters. The van der Waals surface area contributed by atoms with Crippen molar-refractivity contribution in [3.05, 3.63) is 23.3 Å². The highest BCUT2D eigenvalue weighted by Gasteiger charge is 2.06. The van der Waals surface area contributed by atoms with Gasteiger partial charge < -0.3 is 4.74 Å². The molecule has 1 aromatic rings. The van der Waals surface area contributed by atoms with Gasteiger partial charge in [-0.15, -0.1) is 11.8 Å². The van der Waals surface area contributed by atoms with E-state index in [1.54, 1.807) is 18.9 Å². The maximum atomic E-state index is 5.33. The summed E-state index contributed by atoms with van der Waals surface area (Å²) in [6.45, 7) is 4.19. The highest BCUT2D eigenvalue weighted by Crippen LogP contribution is 2.32. The van der Waals surface area contributed by atoms with Crippen molar-refractivity contribution in [3.63, 3.8) is 0 Å². The van der Waals surface area contributed by atoms with Gasteiger partial charge in [-0.3, -0.25) is 0 Å². The van der Waals surface area contributed by atoms with Crippen molar-refractivity contribution in [3.8, 4) is 5.75 Å². The molecule has 66 valence electrons. The quantitative estimate of drug-likeness (QED) is 0.650. The summed E-state index contributed by atoms with van der Waals surface area (Å²) in [5.41, 5.74) is 2.52. The van der Waals surface area contributed by atoms with Crippen LogP contribution in [-0.2, 0) is 0 Å². The number of aryl methyl sites for hydroxylation is 1. The molecule has 0 N–H and O–H groups in total. The maximum absolute atomic E-state index is 5.33. The van der Waals surface area contributed by atoms with E-state index in [-0.39, 0.29) is 0 Å². The molecule has 0 fully saturated rings. The van der Waals surface area contributed by atoms with Gasteiger partial charge in [-0.2, -0.15) is 0 Å². The second kappa shape index (κ2) is 3.85. The zero-order chi connectivity index (χ0) is 9.14. The van der Waals surface area contributed by atoms with Crippen molar-refractivity contribution in [1.82, 2.24) is 0 Å². The SMILES string of the molecule is COc1c(SC)ccc(C)c1C. The summed E-state index contributed by atoms with van der Waals surface area (Å²) in [5.74, 6) is 1.02. The molecule has 12 heavy (non-hydrogen) atoms. The van der Waals surface area contributed by atoms with Gasteiger partial charge in [0, 0.05) is 4.90 Å². The molecule has 0 amide bonds. The average molecular weight is 182 g/mol. The van der Waals surface area contributed by atoms with Gasteiger partial charge in [-0.1, -0.05) is 6.07 Å². The zero-order valence-electron chi connectivity index (χ0n) is 7.97. The van der Waals surface area contributed by atoms with Gasteiger partial charge in [0.25, 0.3) is 0 Å². The number of hydrogen-bond acceptors (Lipinski definition) is 2. The predicted octanol–water partition coefficient (Wildman–Crippen LogP) is 3.03. The van der Waals surface area contributed by atoms with E-state index in [9.17, 15) is 0 Å². The Morgan fingerprint density at radius 2 is 1.92 bits per heavy atom. The summed E-state index contributed by atoms with van der Waals surface area (Å²) in [6.07, 6.45) is 2.06. The Labute approximate surface area is 78.1 Å². The molecule has 0 aliphatic heterocycles. The van der Waals surface area contributed by atoms with E-state index in [4.69, 9.17) is 4.74 Å². The van der Waals surface area contributed by atoms with Crippen LogP contribution in [0.25, 0.3) is 0 Å². The van der Waals surface area contributed by atoms with Crippen LogP contribution in [-0.4, -0.2) is 13.4 Å². The first kappa shape index (κ1) is 9.46. The smallest absolute Gasteiger partial charge is 0.135 e. The van der Waals surface area contributed by atoms with Crippen molar-refractivity contribution in [1.29, 1.82) is 0 Å². The van der Waals surface area contributed by atoms with Crippen LogP contribution >= 0.6 is 11.8 Å². The van der Waals surface area contributed by atoms with E-state index in [0.717, 1.165) is 5.75 Å². The van der Waals surface area contributed by atoms with Gasteiger partial charge >= 0.3 is 0 Å². The number of hydrogen-bond donors (Lipinski definition) is 0. The Balaban J connectivity index is 3.25. The van der Waals surface area contributed by atoms with Gasteiger partial charge in [0.15, 0.2) is 0 Å². The number of thioether (sulfide) groups is 1. The Morgan fingerprint density at radius 3 is 2.42 bits per heavy atom. The first-order chi connectivity index (χ1) is 5.70. The molecule has 0 atom stereocenters. The van der Waals surface area contributed by atoms with E-state index in [2.05, 4.69) is 32.2 Å². The summed E-state index contributed by atoms with van der Waals surface area (Å²) in [7, 11) is 1.72. The van der Waals surface area contributed by atoms with Crippen LogP contribution in [0.1, 0.15) is 11.1 Å². The highest BCUT2D eigenvalue weighted by molar-refractivity contribution is 7.98. The molecule has 1 nitrogen and oxygen atoms in total. The molecule has 0 radical (unpaired) electrons. The lowest BCUT2D eigenvalue weighted by atomic mass is 10.1. The molecular formula is C10H14OS. The minimum atomic E-state index is 1.02. The summed E-state index contributed by atoms with van der Waals surface area (Å²) in [6, 6.07) is 4.23. The standard InChI is InChI=1S/C10H14OS/c1-7-5-6-9(12-4)10(11-3)8(7)2/h5-6H,1-4H3. The fourth-order valence-corrected chi connectivity index (χ4v) is 1.81. The van der Waals surface area contributed by atoms with E-state index in [0.29, 0.717) is 0 Å². The Bertz CT molecular complexity index is 281. The lowest BCUT2D eigenvalue weighted by Crippen LogP contribution is -1.91. The second-order valence-corrected chi connectivity index (χ2v) is 3.59. The molecule has 1 rings (SSSR count). The topological polar surface area (TPSA) is 9.23 Å². The van der Waals surface area contributed by atoms with Crippen LogP contribution in [0.3, 0.4) is 0 Å². The average Bonchev–Trinajstić information content (AvgIpc) is 2.09. The summed E-state index contributed by atoms with van der Waals surface area (Å²) in [4.78, 5) is 1.21. The third-order valence-corrected chi connectivity index (χ3v) is 2.83. The van der Waals surface area contributed by atoms with Crippen molar-refractivity contribution in [2.75, 3.05) is 13.4 Å². The number of methoxy groups -OCH3 is 1. The van der Waals surface area contributed by atoms with Crippen molar-refractivity contribution in [2.45, 2.75) is 18.7 Å². The van der Waals surface area contributed by atoms with Crippen LogP contribution in [0.5, 0.6) is 5.75 Å². The molecule has 0 aliphatic rings. The largest absolute Gasteiger partial charge is 0.495 e. The summed E-state index contributed by atoms with van der Waals surface area (Å²) >= 11 is 1.72. The van der Waals surface area contributed by atoms with Crippen molar-refractivity contribution in [2.24, 2.45) is 0 Å². The number of rotatable bonds is 2. The lowest BCUT2D eigenvalue weighted by molar-refractivity contribution is 0.401. The van der Waals surface area contributed by atoms with Gasteiger partial charge in [0.2, 0.25) is 0 Å². The third kappa shape index (κ3) is 1.58. The fourth-order valence-electron chi connectivity index (χ4n) is 1.18. The third-order valence-electron chi connectivity index (χ3n) is 2.06. The first-order valence-corrected chi connectivity index (χ1v) is 5.11. The van der Waals surface area contributed by atoms with Crippen LogP contribution in [0.15, 0.2) is 17.0 Å². The molecule has 0 aromatic heterocycles. The molecule has 0 spiro atoms. The van der Waals surface area contributed by atoms with Crippen molar-refractivity contribution >= 4 is 11.8 Å². The Morgan fingerprint density at radius 1 is 1.25 bits per heavy atom. The molecule has 0 bridgehead atoms. The highest BCUT2D eigenvalue weighted by atomic mass is 32.2. The van der Waals surface area contributed by atoms with Gasteiger partial charge in [-0.25, -0.2) is 0 Å². The number of ether oxygens (including phenoxy) is 1. The van der Waals surface area contributed by atoms with Crippen LogP contribution in [0, 0.1) is 13.8 Å². The monoisotopic (exact) mass is 182 g/mol. The molecular weight excluding hydrogens is 168 g/mol. The van der Waals surface area contributed by atoms with Crippen LogP contribution in [0.2, 0.25) is 0 Å². The molecule has 2 heteroatoms. The Hall–Kier alpha value is -0.630. The van der Waals surface area contributed by atoms with E-state index in [1.807, 2.05) is 0 Å². The molecule has 0 saturated carbocycles. The minimum absolute atomic E-state index is 1.02. The normalized spacial score (nSPS) is 10.0. The fraction of sp³-hybridized carbons (Fsp3) is 0.400. The number of benzene rings is 1. The van der Waals surface area contributed by atoms with E-state index >= 15 is 0 Å². The van der Waals surface area contributed by atoms with Crippen LogP contribution in [0.4, 0.5) is 0 Å². The molecule has 1 aromatic carbocycles. The molecule has 0 heterocycles. The summed E-state index contributed by atoms with van der Waals surface area (Å²) < 4.78 is 5.33. The van der Waals surface area contributed by atoms with E-state index < -0.39 is 0 Å². The van der Waals surface area contributed by atoms with E-state index in [1.165, 1.54) is 16.0 Å². The Kier molecular flexibility index (Phi) is 3.04. The summed E-state index contributed by atoms with van der Waals surface area (Å²) in [5, 5.41) is 0. The van der Waals surface area contributed by atoms with Gasteiger partial charge in [-0.05, 0) is 37.3 Å². The predicted molar refractivity (Wildman–Crippen MR) is 54.2 cm³/mol. The zero-order valence-corrected chi connectivity index (χ0v) is 8.79.